The van der Waals surface area contributed by atoms with Crippen LogP contribution in [0, 0.1) is 0 Å². The van der Waals surface area contributed by atoms with E-state index in [0.717, 1.165) is 0 Å². The molecule has 0 heterocycles. The van der Waals surface area contributed by atoms with Crippen molar-refractivity contribution in [3.05, 3.63) is 66.5 Å². The van der Waals surface area contributed by atoms with Crippen LogP contribution in [0.4, 0.5) is 0 Å². The van der Waals surface area contributed by atoms with Gasteiger partial charge in [0.2, 0.25) is 0 Å². The smallest absolute Gasteiger partial charge is 0.423 e. The molecule has 0 fully saturated rings. The minimum absolute atomic E-state index is 0.283. The van der Waals surface area contributed by atoms with E-state index in [-0.39, 0.29) is 32.3 Å². The molecule has 4 aromatic carbocycles. The molecule has 0 aliphatic heterocycles. The SMILES string of the molecule is [2H]c1c([2H])c([2H])c2c(c1[2H])c1c([2H])c([2H])c([2H])c([2H])c1c1c(B(O)O)c([2H])c([2H])c([2H])c21. The van der Waals surface area contributed by atoms with Crippen LogP contribution in [-0.4, -0.2) is 17.2 Å². The Kier molecular flexibility index (Phi) is 1.19. The van der Waals surface area contributed by atoms with E-state index in [1.807, 2.05) is 0 Å². The summed E-state index contributed by atoms with van der Waals surface area (Å²) in [5.74, 6) is 0. The zero-order chi connectivity index (χ0) is 24.0. The number of benzene rings is 4. The van der Waals surface area contributed by atoms with E-state index in [1.54, 1.807) is 0 Å². The summed E-state index contributed by atoms with van der Waals surface area (Å²) in [6.07, 6.45) is 0. The summed E-state index contributed by atoms with van der Waals surface area (Å²) in [6.45, 7) is 0. The Balaban J connectivity index is 2.68. The second-order valence-electron chi connectivity index (χ2n) is 4.41. The van der Waals surface area contributed by atoms with E-state index >= 15 is 0 Å². The van der Waals surface area contributed by atoms with Crippen LogP contribution in [0.2, 0.25) is 0 Å². The van der Waals surface area contributed by atoms with Gasteiger partial charge in [-0.2, -0.15) is 0 Å². The lowest BCUT2D eigenvalue weighted by Gasteiger charge is -2.13. The molecule has 0 atom stereocenters. The molecule has 0 saturated carbocycles. The highest BCUT2D eigenvalue weighted by molar-refractivity contribution is 6.63. The maximum atomic E-state index is 10.0. The first-order valence-electron chi connectivity index (χ1n) is 11.6. The van der Waals surface area contributed by atoms with Gasteiger partial charge in [0.05, 0.1) is 15.1 Å². The van der Waals surface area contributed by atoms with Crippen LogP contribution in [0.15, 0.2) is 66.5 Å². The van der Waals surface area contributed by atoms with Crippen molar-refractivity contribution in [3.63, 3.8) is 0 Å². The lowest BCUT2D eigenvalue weighted by Crippen LogP contribution is -2.30. The molecule has 0 amide bonds. The maximum Gasteiger partial charge on any atom is 0.489 e. The molecular weight excluding hydrogens is 259 g/mol. The van der Waals surface area contributed by atoms with E-state index in [2.05, 4.69) is 0 Å². The molecule has 0 radical (unpaired) electrons. The van der Waals surface area contributed by atoms with Gasteiger partial charge in [-0.05, 0) is 37.8 Å². The lowest BCUT2D eigenvalue weighted by molar-refractivity contribution is 0.426. The quantitative estimate of drug-likeness (QED) is 0.416. The van der Waals surface area contributed by atoms with E-state index in [1.165, 1.54) is 0 Å². The standard InChI is InChI=1S/C18H13BO2/c20-19(21)17-11-5-10-16-14-7-2-1-6-12(14)13-8-3-4-9-15(13)18(16)17/h1-11,20-21H/i1D,2D,3D,4D,5D,6D,7D,8D,9D,10D,11D. The van der Waals surface area contributed by atoms with E-state index in [0.29, 0.717) is 0 Å². The molecule has 4 rings (SSSR count). The summed E-state index contributed by atoms with van der Waals surface area (Å²) >= 11 is 0. The van der Waals surface area contributed by atoms with Gasteiger partial charge in [-0.25, -0.2) is 0 Å². The van der Waals surface area contributed by atoms with Crippen LogP contribution in [0.25, 0.3) is 32.3 Å². The predicted octanol–water partition coefficient (Wildman–Crippen LogP) is 2.83. The van der Waals surface area contributed by atoms with E-state index in [9.17, 15) is 10.0 Å². The topological polar surface area (TPSA) is 40.5 Å². The third kappa shape index (κ3) is 1.75. The molecule has 0 spiro atoms. The summed E-state index contributed by atoms with van der Waals surface area (Å²) < 4.78 is 90.4. The third-order valence-electron chi connectivity index (χ3n) is 3.29. The fourth-order valence-electron chi connectivity index (χ4n) is 2.44. The third-order valence-corrected chi connectivity index (χ3v) is 3.29. The van der Waals surface area contributed by atoms with Crippen LogP contribution in [0.3, 0.4) is 0 Å². The Morgan fingerprint density at radius 2 is 1.05 bits per heavy atom. The maximum absolute atomic E-state index is 10.0. The van der Waals surface area contributed by atoms with Gasteiger partial charge in [0, 0.05) is 0 Å². The molecule has 0 aliphatic rings. The molecule has 0 unspecified atom stereocenters. The average Bonchev–Trinajstić information content (AvgIpc) is 2.75. The van der Waals surface area contributed by atoms with E-state index < -0.39 is 79.0 Å². The summed E-state index contributed by atoms with van der Waals surface area (Å²) in [5.41, 5.74) is -0.592. The van der Waals surface area contributed by atoms with Crippen LogP contribution < -0.4 is 5.46 Å². The zero-order valence-electron chi connectivity index (χ0n) is 21.5. The molecule has 0 saturated heterocycles. The number of fused-ring (bicyclic) bond motifs is 6. The molecule has 0 aliphatic carbocycles. The Morgan fingerprint density at radius 1 is 0.619 bits per heavy atom. The van der Waals surface area contributed by atoms with Gasteiger partial charge >= 0.3 is 7.12 Å². The molecule has 100 valence electrons. The highest BCUT2D eigenvalue weighted by Crippen LogP contribution is 2.33. The zero-order valence-corrected chi connectivity index (χ0v) is 10.5. The van der Waals surface area contributed by atoms with Crippen molar-refractivity contribution in [3.8, 4) is 0 Å². The monoisotopic (exact) mass is 283 g/mol. The van der Waals surface area contributed by atoms with Crippen LogP contribution in [-0.2, 0) is 0 Å². The summed E-state index contributed by atoms with van der Waals surface area (Å²) in [4.78, 5) is 0. The van der Waals surface area contributed by atoms with Crippen molar-refractivity contribution in [2.45, 2.75) is 0 Å². The molecule has 21 heavy (non-hydrogen) atoms. The van der Waals surface area contributed by atoms with Gasteiger partial charge in [0.1, 0.15) is 0 Å². The van der Waals surface area contributed by atoms with Crippen molar-refractivity contribution >= 4 is 44.9 Å². The number of rotatable bonds is 1. The van der Waals surface area contributed by atoms with Crippen molar-refractivity contribution in [2.24, 2.45) is 0 Å². The van der Waals surface area contributed by atoms with Crippen LogP contribution in [0.1, 0.15) is 15.1 Å². The molecule has 3 heteroatoms. The summed E-state index contributed by atoms with van der Waals surface area (Å²) in [5, 5.41) is 18.1. The molecular formula is C18H13BO2. The highest BCUT2D eigenvalue weighted by Gasteiger charge is 2.18. The minimum Gasteiger partial charge on any atom is -0.423 e. The largest absolute Gasteiger partial charge is 0.489 e. The average molecular weight is 283 g/mol. The Hall–Kier alpha value is -2.36. The first-order valence-corrected chi connectivity index (χ1v) is 6.06. The van der Waals surface area contributed by atoms with Gasteiger partial charge in [-0.1, -0.05) is 66.5 Å². The van der Waals surface area contributed by atoms with Crippen molar-refractivity contribution < 1.29 is 25.1 Å². The summed E-state index contributed by atoms with van der Waals surface area (Å²) in [6, 6.07) is -7.29. The molecule has 0 bridgehead atoms. The summed E-state index contributed by atoms with van der Waals surface area (Å²) in [7, 11) is -2.36. The van der Waals surface area contributed by atoms with Crippen molar-refractivity contribution in [1.82, 2.24) is 0 Å². The Bertz CT molecular complexity index is 1460. The van der Waals surface area contributed by atoms with Gasteiger partial charge in [0.25, 0.3) is 0 Å². The molecule has 2 nitrogen and oxygen atoms in total. The minimum atomic E-state index is -2.36. The molecule has 2 N–H and O–H groups in total. The van der Waals surface area contributed by atoms with Crippen molar-refractivity contribution in [2.75, 3.05) is 0 Å². The predicted molar refractivity (Wildman–Crippen MR) is 88.8 cm³/mol. The lowest BCUT2D eigenvalue weighted by atomic mass is 9.75. The second-order valence-corrected chi connectivity index (χ2v) is 4.41. The first-order chi connectivity index (χ1) is 14.8. The first kappa shape index (κ1) is 5.45. The van der Waals surface area contributed by atoms with Gasteiger partial charge in [-0.3, -0.25) is 0 Å². The normalized spacial score (nSPS) is 18.7. The van der Waals surface area contributed by atoms with Crippen molar-refractivity contribution in [1.29, 1.82) is 0 Å². The Morgan fingerprint density at radius 3 is 1.57 bits per heavy atom. The fourth-order valence-corrected chi connectivity index (χ4v) is 2.44. The Labute approximate surface area is 137 Å². The van der Waals surface area contributed by atoms with Crippen LogP contribution >= 0.6 is 0 Å². The number of hydrogen-bond acceptors (Lipinski definition) is 2. The highest BCUT2D eigenvalue weighted by atomic mass is 16.4. The van der Waals surface area contributed by atoms with Crippen LogP contribution in [0.5, 0.6) is 0 Å². The fraction of sp³-hybridized carbons (Fsp3) is 0. The molecule has 4 aromatic rings. The van der Waals surface area contributed by atoms with Gasteiger partial charge < -0.3 is 10.0 Å². The van der Waals surface area contributed by atoms with Gasteiger partial charge in [-0.15, -0.1) is 0 Å². The number of hydrogen-bond donors (Lipinski definition) is 2. The van der Waals surface area contributed by atoms with Gasteiger partial charge in [0.15, 0.2) is 0 Å². The second kappa shape index (κ2) is 4.59. The molecule has 0 aromatic heterocycles. The van der Waals surface area contributed by atoms with E-state index in [4.69, 9.17) is 15.1 Å².